The van der Waals surface area contributed by atoms with Crippen molar-refractivity contribution in [3.05, 3.63) is 41.7 Å². The van der Waals surface area contributed by atoms with Crippen molar-refractivity contribution in [1.82, 2.24) is 9.97 Å². The Kier molecular flexibility index (Phi) is 3.74. The Morgan fingerprint density at radius 2 is 2.09 bits per heavy atom. The van der Waals surface area contributed by atoms with Crippen molar-refractivity contribution in [2.24, 2.45) is 0 Å². The molecule has 0 saturated heterocycles. The fourth-order valence-electron chi connectivity index (χ4n) is 2.58. The molecule has 0 fully saturated rings. The Hall–Kier alpha value is -2.15. The zero-order chi connectivity index (χ0) is 15.7. The molecule has 0 amide bonds. The summed E-state index contributed by atoms with van der Waals surface area (Å²) in [6, 6.07) is 6.95. The maximum atomic E-state index is 12.5. The van der Waals surface area contributed by atoms with E-state index in [-0.39, 0.29) is 10.8 Å². The van der Waals surface area contributed by atoms with Crippen molar-refractivity contribution in [2.45, 2.75) is 24.7 Å². The number of anilines is 2. The van der Waals surface area contributed by atoms with Gasteiger partial charge in [-0.15, -0.1) is 0 Å². The summed E-state index contributed by atoms with van der Waals surface area (Å²) in [5.74, 6) is 0.0890. The lowest BCUT2D eigenvalue weighted by atomic mass is 10.0. The Morgan fingerprint density at radius 3 is 2.86 bits per heavy atom. The van der Waals surface area contributed by atoms with Crippen LogP contribution in [0.2, 0.25) is 0 Å². The number of benzene rings is 1. The van der Waals surface area contributed by atoms with E-state index in [1.807, 2.05) is 13.1 Å². The summed E-state index contributed by atoms with van der Waals surface area (Å²) < 4.78 is 27.4. The van der Waals surface area contributed by atoms with Crippen molar-refractivity contribution < 1.29 is 8.42 Å². The van der Waals surface area contributed by atoms with Gasteiger partial charge in [0, 0.05) is 31.2 Å². The SMILES string of the molecule is Cc1ccnc(NS(=O)(=O)c2ccc3c(c2)N(C)CCC3)n1. The molecule has 1 aromatic carbocycles. The van der Waals surface area contributed by atoms with E-state index in [2.05, 4.69) is 19.6 Å². The van der Waals surface area contributed by atoms with Crippen LogP contribution in [0.1, 0.15) is 17.7 Å². The molecule has 2 aromatic rings. The molecule has 22 heavy (non-hydrogen) atoms. The smallest absolute Gasteiger partial charge is 0.264 e. The van der Waals surface area contributed by atoms with Crippen LogP contribution in [0.25, 0.3) is 0 Å². The molecule has 0 bridgehead atoms. The van der Waals surface area contributed by atoms with Crippen molar-refractivity contribution >= 4 is 21.7 Å². The molecule has 116 valence electrons. The lowest BCUT2D eigenvalue weighted by Gasteiger charge is -2.27. The van der Waals surface area contributed by atoms with Gasteiger partial charge in [0.25, 0.3) is 10.0 Å². The first-order valence-corrected chi connectivity index (χ1v) is 8.60. The molecule has 0 radical (unpaired) electrons. The summed E-state index contributed by atoms with van der Waals surface area (Å²) >= 11 is 0. The highest BCUT2D eigenvalue weighted by atomic mass is 32.2. The molecule has 0 saturated carbocycles. The van der Waals surface area contributed by atoms with Crippen LogP contribution in [0.15, 0.2) is 35.4 Å². The number of rotatable bonds is 3. The molecule has 1 aromatic heterocycles. The monoisotopic (exact) mass is 318 g/mol. The molecule has 1 aliphatic heterocycles. The number of nitrogens with zero attached hydrogens (tertiary/aromatic N) is 3. The molecule has 2 heterocycles. The third-order valence-electron chi connectivity index (χ3n) is 3.74. The minimum absolute atomic E-state index is 0.0890. The quantitative estimate of drug-likeness (QED) is 0.936. The van der Waals surface area contributed by atoms with Gasteiger partial charge in [0.1, 0.15) is 0 Å². The lowest BCUT2D eigenvalue weighted by Crippen LogP contribution is -2.25. The minimum atomic E-state index is -3.69. The molecule has 0 atom stereocenters. The predicted molar refractivity (Wildman–Crippen MR) is 85.6 cm³/mol. The fourth-order valence-corrected chi connectivity index (χ4v) is 3.55. The summed E-state index contributed by atoms with van der Waals surface area (Å²) in [6.07, 6.45) is 3.60. The van der Waals surface area contributed by atoms with Crippen molar-refractivity contribution in [2.75, 3.05) is 23.2 Å². The van der Waals surface area contributed by atoms with Gasteiger partial charge in [-0.25, -0.2) is 23.1 Å². The van der Waals surface area contributed by atoms with E-state index in [1.165, 1.54) is 11.8 Å². The van der Waals surface area contributed by atoms with Crippen molar-refractivity contribution in [1.29, 1.82) is 0 Å². The highest BCUT2D eigenvalue weighted by Gasteiger charge is 2.20. The summed E-state index contributed by atoms with van der Waals surface area (Å²) in [6.45, 7) is 2.72. The van der Waals surface area contributed by atoms with Crippen LogP contribution >= 0.6 is 0 Å². The molecular formula is C15H18N4O2S. The van der Waals surface area contributed by atoms with Crippen LogP contribution in [0, 0.1) is 6.92 Å². The first kappa shape index (κ1) is 14.8. The third kappa shape index (κ3) is 2.89. The van der Waals surface area contributed by atoms with Crippen LogP contribution in [0.3, 0.4) is 0 Å². The zero-order valence-electron chi connectivity index (χ0n) is 12.6. The molecular weight excluding hydrogens is 300 g/mol. The molecule has 7 heteroatoms. The number of fused-ring (bicyclic) bond motifs is 1. The minimum Gasteiger partial charge on any atom is -0.374 e. The summed E-state index contributed by atoms with van der Waals surface area (Å²) in [4.78, 5) is 10.3. The topological polar surface area (TPSA) is 75.2 Å². The van der Waals surface area contributed by atoms with E-state index in [0.29, 0.717) is 5.69 Å². The average Bonchev–Trinajstić information content (AvgIpc) is 2.47. The number of hydrogen-bond acceptors (Lipinski definition) is 5. The van der Waals surface area contributed by atoms with Crippen LogP contribution in [-0.2, 0) is 16.4 Å². The van der Waals surface area contributed by atoms with Crippen molar-refractivity contribution in [3.8, 4) is 0 Å². The van der Waals surface area contributed by atoms with Crippen LogP contribution < -0.4 is 9.62 Å². The first-order chi connectivity index (χ1) is 10.5. The molecule has 0 unspecified atom stereocenters. The Balaban J connectivity index is 1.94. The molecule has 0 spiro atoms. The summed E-state index contributed by atoms with van der Waals surface area (Å²) in [7, 11) is -1.71. The maximum absolute atomic E-state index is 12.5. The van der Waals surface area contributed by atoms with Gasteiger partial charge in [-0.2, -0.15) is 0 Å². The highest BCUT2D eigenvalue weighted by Crippen LogP contribution is 2.29. The summed E-state index contributed by atoms with van der Waals surface area (Å²) in [5, 5.41) is 0. The Morgan fingerprint density at radius 1 is 1.27 bits per heavy atom. The molecule has 0 aliphatic carbocycles. The normalized spacial score (nSPS) is 14.5. The van der Waals surface area contributed by atoms with E-state index in [4.69, 9.17) is 0 Å². The van der Waals surface area contributed by atoms with Gasteiger partial charge in [-0.1, -0.05) is 6.07 Å². The van der Waals surface area contributed by atoms with E-state index in [9.17, 15) is 8.42 Å². The number of sulfonamides is 1. The Bertz CT molecular complexity index is 805. The zero-order valence-corrected chi connectivity index (χ0v) is 13.4. The summed E-state index contributed by atoms with van der Waals surface area (Å²) in [5.41, 5.74) is 2.86. The van der Waals surface area contributed by atoms with Gasteiger partial charge in [0.15, 0.2) is 0 Å². The van der Waals surface area contributed by atoms with Gasteiger partial charge < -0.3 is 4.90 Å². The number of aryl methyl sites for hydroxylation is 2. The van der Waals surface area contributed by atoms with E-state index < -0.39 is 10.0 Å². The second kappa shape index (κ2) is 5.57. The standard InChI is InChI=1S/C15H18N4O2S/c1-11-7-8-16-15(17-11)18-22(20,21)13-6-5-12-4-3-9-19(2)14(12)10-13/h5-8,10H,3-4,9H2,1-2H3,(H,16,17,18). The van der Waals surface area contributed by atoms with Crippen LogP contribution in [0.4, 0.5) is 11.6 Å². The number of nitrogens with one attached hydrogen (secondary N) is 1. The van der Waals surface area contributed by atoms with E-state index >= 15 is 0 Å². The largest absolute Gasteiger partial charge is 0.374 e. The molecule has 6 nitrogen and oxygen atoms in total. The average molecular weight is 318 g/mol. The van der Waals surface area contributed by atoms with Gasteiger partial charge in [0.05, 0.1) is 4.90 Å². The fraction of sp³-hybridized carbons (Fsp3) is 0.333. The number of aromatic nitrogens is 2. The van der Waals surface area contributed by atoms with Crippen LogP contribution in [0.5, 0.6) is 0 Å². The molecule has 1 N–H and O–H groups in total. The van der Waals surface area contributed by atoms with E-state index in [0.717, 1.165) is 25.1 Å². The first-order valence-electron chi connectivity index (χ1n) is 7.12. The lowest BCUT2D eigenvalue weighted by molar-refractivity contribution is 0.600. The van der Waals surface area contributed by atoms with Gasteiger partial charge in [-0.05, 0) is 43.5 Å². The predicted octanol–water partition coefficient (Wildman–Crippen LogP) is 1.97. The van der Waals surface area contributed by atoms with Crippen LogP contribution in [-0.4, -0.2) is 32.0 Å². The highest BCUT2D eigenvalue weighted by molar-refractivity contribution is 7.92. The number of hydrogen-bond donors (Lipinski definition) is 1. The van der Waals surface area contributed by atoms with E-state index in [1.54, 1.807) is 25.1 Å². The Labute approximate surface area is 130 Å². The van der Waals surface area contributed by atoms with Gasteiger partial charge in [0.2, 0.25) is 5.95 Å². The maximum Gasteiger partial charge on any atom is 0.264 e. The molecule has 3 rings (SSSR count). The van der Waals surface area contributed by atoms with Gasteiger partial charge in [-0.3, -0.25) is 0 Å². The van der Waals surface area contributed by atoms with Gasteiger partial charge >= 0.3 is 0 Å². The molecule has 1 aliphatic rings. The van der Waals surface area contributed by atoms with Crippen molar-refractivity contribution in [3.63, 3.8) is 0 Å². The third-order valence-corrected chi connectivity index (χ3v) is 5.06. The second-order valence-electron chi connectivity index (χ2n) is 5.44. The second-order valence-corrected chi connectivity index (χ2v) is 7.13.